The molecule has 2 aromatic rings. The number of rotatable bonds is 6. The number of likely N-dealkylation sites (tertiary alicyclic amines) is 1. The van der Waals surface area contributed by atoms with Gasteiger partial charge in [-0.15, -0.1) is 0 Å². The predicted molar refractivity (Wildman–Crippen MR) is 89.8 cm³/mol. The zero-order valence-corrected chi connectivity index (χ0v) is 14.7. The Morgan fingerprint density at radius 1 is 1.52 bits per heavy atom. The number of carbonyl (C=O) groups excluding carboxylic acids is 1. The summed E-state index contributed by atoms with van der Waals surface area (Å²) in [5, 5.41) is 13.8. The van der Waals surface area contributed by atoms with Crippen molar-refractivity contribution in [2.45, 2.75) is 45.2 Å². The predicted octanol–water partition coefficient (Wildman–Crippen LogP) is 2.32. The van der Waals surface area contributed by atoms with Gasteiger partial charge < -0.3 is 14.4 Å². The van der Waals surface area contributed by atoms with Crippen LogP contribution in [0.25, 0.3) is 0 Å². The van der Waals surface area contributed by atoms with E-state index < -0.39 is 17.9 Å². The van der Waals surface area contributed by atoms with Gasteiger partial charge in [-0.25, -0.2) is 0 Å². The van der Waals surface area contributed by atoms with Gasteiger partial charge in [-0.05, 0) is 32.4 Å². The number of aliphatic carboxylic acids is 1. The molecule has 1 amide bonds. The molecule has 25 heavy (non-hydrogen) atoms. The van der Waals surface area contributed by atoms with Crippen LogP contribution in [0.15, 0.2) is 29.0 Å². The highest BCUT2D eigenvalue weighted by atomic mass is 16.4. The molecule has 1 unspecified atom stereocenters. The Bertz CT molecular complexity index is 765. The van der Waals surface area contributed by atoms with Crippen molar-refractivity contribution in [1.82, 2.24) is 14.7 Å². The molecule has 3 atom stereocenters. The highest BCUT2D eigenvalue weighted by Crippen LogP contribution is 2.41. The van der Waals surface area contributed by atoms with Crippen molar-refractivity contribution in [3.63, 3.8) is 0 Å². The third-order valence-electron chi connectivity index (χ3n) is 5.14. The molecule has 3 heterocycles. The first-order chi connectivity index (χ1) is 11.9. The molecule has 1 saturated heterocycles. The van der Waals surface area contributed by atoms with E-state index in [1.54, 1.807) is 22.0 Å². The molecule has 1 fully saturated rings. The fraction of sp³-hybridized carbons (Fsp3) is 0.500. The number of nitrogens with zero attached hydrogens (tertiary/aromatic N) is 3. The summed E-state index contributed by atoms with van der Waals surface area (Å²) in [6.45, 7) is 3.86. The number of hydrogen-bond donors (Lipinski definition) is 1. The minimum Gasteiger partial charge on any atom is -0.481 e. The second kappa shape index (κ2) is 6.74. The monoisotopic (exact) mass is 345 g/mol. The van der Waals surface area contributed by atoms with E-state index in [0.717, 1.165) is 17.0 Å². The molecule has 1 aliphatic rings. The Balaban J connectivity index is 1.87. The molecule has 1 N–H and O–H groups in total. The van der Waals surface area contributed by atoms with Crippen molar-refractivity contribution in [3.05, 3.63) is 41.6 Å². The fourth-order valence-electron chi connectivity index (χ4n) is 3.61. The summed E-state index contributed by atoms with van der Waals surface area (Å²) in [6, 6.07) is 3.17. The summed E-state index contributed by atoms with van der Waals surface area (Å²) < 4.78 is 7.07. The molecular weight excluding hydrogens is 322 g/mol. The van der Waals surface area contributed by atoms with Crippen molar-refractivity contribution >= 4 is 11.9 Å². The van der Waals surface area contributed by atoms with Gasteiger partial charge in [-0.1, -0.05) is 0 Å². The van der Waals surface area contributed by atoms with E-state index in [9.17, 15) is 14.7 Å². The minimum absolute atomic E-state index is 0.0272. The number of amides is 1. The zero-order chi connectivity index (χ0) is 18.1. The average Bonchev–Trinajstić information content (AvgIpc) is 3.26. The number of carboxylic acid groups (broad SMARTS) is 1. The van der Waals surface area contributed by atoms with Gasteiger partial charge in [0.2, 0.25) is 5.91 Å². The molecule has 7 heteroatoms. The van der Waals surface area contributed by atoms with Crippen molar-refractivity contribution in [1.29, 1.82) is 0 Å². The van der Waals surface area contributed by atoms with Crippen LogP contribution in [-0.4, -0.2) is 37.7 Å². The van der Waals surface area contributed by atoms with Gasteiger partial charge >= 0.3 is 5.97 Å². The van der Waals surface area contributed by atoms with Crippen LogP contribution in [-0.2, 0) is 23.1 Å². The Morgan fingerprint density at radius 2 is 2.28 bits per heavy atom. The Labute approximate surface area is 146 Å². The van der Waals surface area contributed by atoms with Gasteiger partial charge in [0.05, 0.1) is 24.4 Å². The highest BCUT2D eigenvalue weighted by Gasteiger charge is 2.47. The van der Waals surface area contributed by atoms with E-state index in [1.807, 2.05) is 33.0 Å². The molecule has 0 radical (unpaired) electrons. The van der Waals surface area contributed by atoms with Crippen molar-refractivity contribution in [2.75, 3.05) is 0 Å². The Hall–Kier alpha value is -2.57. The molecule has 134 valence electrons. The first-order valence-electron chi connectivity index (χ1n) is 8.45. The second-order valence-electron chi connectivity index (χ2n) is 6.67. The third kappa shape index (κ3) is 3.18. The van der Waals surface area contributed by atoms with Gasteiger partial charge in [0, 0.05) is 37.2 Å². The maximum atomic E-state index is 12.6. The number of hydrogen-bond acceptors (Lipinski definition) is 4. The molecule has 0 spiro atoms. The van der Waals surface area contributed by atoms with Gasteiger partial charge in [0.1, 0.15) is 5.76 Å². The molecule has 2 aromatic heterocycles. The maximum Gasteiger partial charge on any atom is 0.309 e. The Kier molecular flexibility index (Phi) is 4.65. The van der Waals surface area contributed by atoms with Gasteiger partial charge in [0.25, 0.3) is 0 Å². The summed E-state index contributed by atoms with van der Waals surface area (Å²) >= 11 is 0. The molecule has 0 aromatic carbocycles. The van der Waals surface area contributed by atoms with E-state index >= 15 is 0 Å². The van der Waals surface area contributed by atoms with Crippen LogP contribution < -0.4 is 0 Å². The molecule has 7 nitrogen and oxygen atoms in total. The van der Waals surface area contributed by atoms with Crippen molar-refractivity contribution in [3.8, 4) is 0 Å². The summed E-state index contributed by atoms with van der Waals surface area (Å²) in [7, 11) is 1.82. The number of aromatic nitrogens is 2. The molecule has 0 bridgehead atoms. The maximum absolute atomic E-state index is 12.6. The van der Waals surface area contributed by atoms with Crippen LogP contribution in [0.4, 0.5) is 0 Å². The SMILES string of the molecule is Cc1c([C@@H]2[C@@H](C(=O)O)CC(=O)N2C(C)CCc2ccco2)cnn1C. The molecule has 1 aliphatic heterocycles. The number of carbonyl (C=O) groups is 2. The van der Waals surface area contributed by atoms with Crippen molar-refractivity contribution in [2.24, 2.45) is 13.0 Å². The molecule has 0 aliphatic carbocycles. The van der Waals surface area contributed by atoms with Crippen LogP contribution in [0.3, 0.4) is 0 Å². The fourth-order valence-corrected chi connectivity index (χ4v) is 3.61. The number of furan rings is 1. The standard InChI is InChI=1S/C18H23N3O4/c1-11(6-7-13-5-4-8-25-13)21-16(22)9-14(18(23)24)17(21)15-10-19-20(3)12(15)2/h4-5,8,10-11,14,17H,6-7,9H2,1-3H3,(H,23,24)/t11?,14-,17-/m0/s1. The molecular formula is C18H23N3O4. The lowest BCUT2D eigenvalue weighted by Gasteiger charge is -2.32. The lowest BCUT2D eigenvalue weighted by atomic mass is 9.93. The van der Waals surface area contributed by atoms with E-state index in [0.29, 0.717) is 12.8 Å². The summed E-state index contributed by atoms with van der Waals surface area (Å²) in [5.41, 5.74) is 1.69. The van der Waals surface area contributed by atoms with Crippen LogP contribution >= 0.6 is 0 Å². The normalized spacial score (nSPS) is 21.7. The van der Waals surface area contributed by atoms with E-state index in [2.05, 4.69) is 5.10 Å². The highest BCUT2D eigenvalue weighted by molar-refractivity contribution is 5.87. The third-order valence-corrected chi connectivity index (χ3v) is 5.14. The lowest BCUT2D eigenvalue weighted by Crippen LogP contribution is -2.38. The quantitative estimate of drug-likeness (QED) is 0.868. The molecule has 0 saturated carbocycles. The average molecular weight is 345 g/mol. The summed E-state index contributed by atoms with van der Waals surface area (Å²) in [6.07, 6.45) is 4.75. The van der Waals surface area contributed by atoms with Gasteiger partial charge in [-0.3, -0.25) is 14.3 Å². The molecule has 3 rings (SSSR count). The lowest BCUT2D eigenvalue weighted by molar-refractivity contribution is -0.142. The largest absolute Gasteiger partial charge is 0.481 e. The topological polar surface area (TPSA) is 88.6 Å². The van der Waals surface area contributed by atoms with Gasteiger partial charge in [-0.2, -0.15) is 5.10 Å². The number of aryl methyl sites for hydroxylation is 2. The summed E-state index contributed by atoms with van der Waals surface area (Å²) in [4.78, 5) is 26.1. The number of carboxylic acids is 1. The van der Waals surface area contributed by atoms with E-state index in [1.165, 1.54) is 0 Å². The van der Waals surface area contributed by atoms with E-state index in [4.69, 9.17) is 4.42 Å². The minimum atomic E-state index is -0.942. The first-order valence-corrected chi connectivity index (χ1v) is 8.45. The first kappa shape index (κ1) is 17.3. The van der Waals surface area contributed by atoms with Crippen LogP contribution in [0.1, 0.15) is 42.8 Å². The smallest absolute Gasteiger partial charge is 0.309 e. The van der Waals surface area contributed by atoms with Crippen LogP contribution in [0, 0.1) is 12.8 Å². The van der Waals surface area contributed by atoms with Crippen molar-refractivity contribution < 1.29 is 19.1 Å². The Morgan fingerprint density at radius 3 is 2.84 bits per heavy atom. The second-order valence-corrected chi connectivity index (χ2v) is 6.67. The van der Waals surface area contributed by atoms with Crippen LogP contribution in [0.5, 0.6) is 0 Å². The van der Waals surface area contributed by atoms with Crippen LogP contribution in [0.2, 0.25) is 0 Å². The zero-order valence-electron chi connectivity index (χ0n) is 14.7. The van der Waals surface area contributed by atoms with E-state index in [-0.39, 0.29) is 18.4 Å². The van der Waals surface area contributed by atoms with Gasteiger partial charge in [0.15, 0.2) is 0 Å². The summed E-state index contributed by atoms with van der Waals surface area (Å²) in [5.74, 6) is -0.946.